The Morgan fingerprint density at radius 3 is 2.49 bits per heavy atom. The summed E-state index contributed by atoms with van der Waals surface area (Å²) in [6, 6.07) is 26.1. The zero-order valence-corrected chi connectivity index (χ0v) is 25.9. The largest absolute Gasteiger partial charge is 0.488 e. The number of carbonyl (C=O) groups excluding carboxylic acids is 2. The molecule has 2 heterocycles. The fourth-order valence-corrected chi connectivity index (χ4v) is 5.40. The van der Waals surface area contributed by atoms with Gasteiger partial charge in [-0.1, -0.05) is 37.3 Å². The van der Waals surface area contributed by atoms with Crippen LogP contribution in [0.3, 0.4) is 0 Å². The molecule has 1 aliphatic heterocycles. The minimum Gasteiger partial charge on any atom is -0.488 e. The first-order valence-corrected chi connectivity index (χ1v) is 15.2. The molecule has 0 saturated heterocycles. The number of anilines is 1. The van der Waals surface area contributed by atoms with Gasteiger partial charge in [0.05, 0.1) is 19.1 Å². The number of nitrogens with one attached hydrogen (secondary N) is 1. The van der Waals surface area contributed by atoms with Crippen molar-refractivity contribution >= 4 is 17.5 Å². The summed E-state index contributed by atoms with van der Waals surface area (Å²) >= 11 is 0. The van der Waals surface area contributed by atoms with E-state index in [1.165, 1.54) is 0 Å². The first kappa shape index (κ1) is 31.7. The lowest BCUT2D eigenvalue weighted by atomic mass is 10.0. The number of aliphatic hydroxyl groups excluding tert-OH is 1. The van der Waals surface area contributed by atoms with Gasteiger partial charge in [0, 0.05) is 54.8 Å². The number of aromatic nitrogens is 1. The zero-order chi connectivity index (χ0) is 31.8. The lowest BCUT2D eigenvalue weighted by Crippen LogP contribution is -2.47. The molecule has 234 valence electrons. The van der Waals surface area contributed by atoms with Crippen LogP contribution in [-0.4, -0.2) is 70.6 Å². The van der Waals surface area contributed by atoms with Crippen LogP contribution in [0.1, 0.15) is 35.3 Å². The third-order valence-electron chi connectivity index (χ3n) is 7.96. The molecule has 3 atom stereocenters. The Bertz CT molecular complexity index is 1570. The number of nitrogens with zero attached hydrogens (tertiary/aromatic N) is 3. The molecule has 0 fully saturated rings. The van der Waals surface area contributed by atoms with Gasteiger partial charge in [-0.25, -0.2) is 0 Å². The van der Waals surface area contributed by atoms with Crippen molar-refractivity contribution in [3.8, 4) is 17.2 Å². The first-order valence-electron chi connectivity index (χ1n) is 15.2. The van der Waals surface area contributed by atoms with Gasteiger partial charge in [0.15, 0.2) is 0 Å². The number of pyridine rings is 1. The van der Waals surface area contributed by atoms with Gasteiger partial charge < -0.3 is 24.8 Å². The van der Waals surface area contributed by atoms with Gasteiger partial charge in [0.25, 0.3) is 5.91 Å². The predicted octanol–water partition coefficient (Wildman–Crippen LogP) is 5.41. The topological polar surface area (TPSA) is 104 Å². The van der Waals surface area contributed by atoms with Gasteiger partial charge in [-0.2, -0.15) is 0 Å². The lowest BCUT2D eigenvalue weighted by molar-refractivity contribution is -0.134. The second-order valence-electron chi connectivity index (χ2n) is 11.7. The number of rotatable bonds is 10. The van der Waals surface area contributed by atoms with Crippen LogP contribution in [0.2, 0.25) is 0 Å². The van der Waals surface area contributed by atoms with E-state index in [0.29, 0.717) is 42.2 Å². The Labute approximate surface area is 264 Å². The van der Waals surface area contributed by atoms with Crippen LogP contribution in [0, 0.1) is 5.92 Å². The number of fused-ring (bicyclic) bond motifs is 1. The van der Waals surface area contributed by atoms with E-state index in [4.69, 9.17) is 9.47 Å². The Morgan fingerprint density at radius 2 is 1.78 bits per heavy atom. The van der Waals surface area contributed by atoms with Crippen molar-refractivity contribution in [3.63, 3.8) is 0 Å². The second kappa shape index (κ2) is 14.8. The highest BCUT2D eigenvalue weighted by Gasteiger charge is 2.31. The third-order valence-corrected chi connectivity index (χ3v) is 7.96. The number of para-hydroxylation sites is 1. The molecule has 0 unspecified atom stereocenters. The highest BCUT2D eigenvalue weighted by atomic mass is 16.5. The summed E-state index contributed by atoms with van der Waals surface area (Å²) in [6.07, 6.45) is 2.98. The van der Waals surface area contributed by atoms with Gasteiger partial charge in [0.2, 0.25) is 5.91 Å². The fraction of sp³-hybridized carbons (Fsp3) is 0.306. The minimum atomic E-state index is -0.342. The Kier molecular flexibility index (Phi) is 10.4. The van der Waals surface area contributed by atoms with E-state index in [0.717, 1.165) is 17.1 Å². The molecular formula is C36H40N4O5. The van der Waals surface area contributed by atoms with Crippen LogP contribution in [0.5, 0.6) is 17.2 Å². The van der Waals surface area contributed by atoms with Crippen LogP contribution in [0.25, 0.3) is 0 Å². The fourth-order valence-electron chi connectivity index (χ4n) is 5.40. The van der Waals surface area contributed by atoms with Crippen molar-refractivity contribution in [2.75, 3.05) is 32.1 Å². The van der Waals surface area contributed by atoms with Crippen LogP contribution < -0.4 is 14.8 Å². The SMILES string of the molecule is C[C@H](CO)N1C[C@H](C)[C@@H](CN(C)Cc2ccc(Oc3ccccc3)cc2)Oc2ccc(NC(=O)c3ccncc3)cc2CC1=O. The molecule has 0 radical (unpaired) electrons. The number of hydrogen-bond donors (Lipinski definition) is 2. The van der Waals surface area contributed by atoms with Crippen LogP contribution in [-0.2, 0) is 17.8 Å². The quantitative estimate of drug-likeness (QED) is 0.248. The van der Waals surface area contributed by atoms with E-state index in [9.17, 15) is 14.7 Å². The first-order chi connectivity index (χ1) is 21.8. The lowest BCUT2D eigenvalue weighted by Gasteiger charge is -2.34. The van der Waals surface area contributed by atoms with E-state index >= 15 is 0 Å². The molecular weight excluding hydrogens is 568 g/mol. The van der Waals surface area contributed by atoms with Crippen molar-refractivity contribution in [2.24, 2.45) is 5.92 Å². The highest BCUT2D eigenvalue weighted by Crippen LogP contribution is 2.30. The molecule has 0 spiro atoms. The Hall–Kier alpha value is -4.73. The second-order valence-corrected chi connectivity index (χ2v) is 11.7. The number of ether oxygens (including phenoxy) is 2. The maximum absolute atomic E-state index is 13.5. The summed E-state index contributed by atoms with van der Waals surface area (Å²) in [7, 11) is 2.05. The van der Waals surface area contributed by atoms with E-state index in [-0.39, 0.29) is 42.9 Å². The standard InChI is InChI=1S/C36H40N4O5/c1-25-21-40(26(2)24-41)35(42)20-29-19-30(38-36(43)28-15-17-37-18-16-28)11-14-33(29)45-34(25)23-39(3)22-27-9-12-32(13-10-27)44-31-7-5-4-6-8-31/h4-19,25-26,34,41H,20-24H2,1-3H3,(H,38,43)/t25-,26+,34+/m0/s1. The maximum Gasteiger partial charge on any atom is 0.255 e. The molecule has 1 aliphatic rings. The van der Waals surface area contributed by atoms with Crippen molar-refractivity contribution in [2.45, 2.75) is 39.0 Å². The summed E-state index contributed by atoms with van der Waals surface area (Å²) in [4.78, 5) is 34.2. The molecule has 3 aromatic carbocycles. The van der Waals surface area contributed by atoms with Crippen molar-refractivity contribution in [3.05, 3.63) is 114 Å². The van der Waals surface area contributed by atoms with E-state index in [1.807, 2.05) is 55.5 Å². The van der Waals surface area contributed by atoms with Crippen molar-refractivity contribution < 1.29 is 24.2 Å². The van der Waals surface area contributed by atoms with Gasteiger partial charge >= 0.3 is 0 Å². The molecule has 2 N–H and O–H groups in total. The summed E-state index contributed by atoms with van der Waals surface area (Å²) in [5, 5.41) is 12.9. The predicted molar refractivity (Wildman–Crippen MR) is 173 cm³/mol. The smallest absolute Gasteiger partial charge is 0.255 e. The van der Waals surface area contributed by atoms with Crippen LogP contribution >= 0.6 is 0 Å². The third kappa shape index (κ3) is 8.47. The number of carbonyl (C=O) groups is 2. The Morgan fingerprint density at radius 1 is 1.07 bits per heavy atom. The minimum absolute atomic E-state index is 0.0240. The number of amides is 2. The van der Waals surface area contributed by atoms with Crippen LogP contribution in [0.4, 0.5) is 5.69 Å². The van der Waals surface area contributed by atoms with Gasteiger partial charge in [-0.05, 0) is 74.1 Å². The van der Waals surface area contributed by atoms with Crippen molar-refractivity contribution in [1.29, 1.82) is 0 Å². The molecule has 0 bridgehead atoms. The number of likely N-dealkylation sites (N-methyl/N-ethyl adjacent to an activating group) is 1. The molecule has 0 aliphatic carbocycles. The average molecular weight is 609 g/mol. The maximum atomic E-state index is 13.5. The summed E-state index contributed by atoms with van der Waals surface area (Å²) in [5.41, 5.74) is 2.86. The monoisotopic (exact) mass is 608 g/mol. The van der Waals surface area contributed by atoms with E-state index in [1.54, 1.807) is 41.6 Å². The highest BCUT2D eigenvalue weighted by molar-refractivity contribution is 6.04. The number of hydrogen-bond acceptors (Lipinski definition) is 7. The van der Waals surface area contributed by atoms with Crippen LogP contribution in [0.15, 0.2) is 97.3 Å². The van der Waals surface area contributed by atoms with Crippen molar-refractivity contribution in [1.82, 2.24) is 14.8 Å². The van der Waals surface area contributed by atoms with Gasteiger partial charge in [-0.3, -0.25) is 19.5 Å². The summed E-state index contributed by atoms with van der Waals surface area (Å²) in [6.45, 7) is 5.54. The van der Waals surface area contributed by atoms with E-state index in [2.05, 4.69) is 41.3 Å². The van der Waals surface area contributed by atoms with Gasteiger partial charge in [-0.15, -0.1) is 0 Å². The number of benzene rings is 3. The molecule has 45 heavy (non-hydrogen) atoms. The average Bonchev–Trinajstić information content (AvgIpc) is 3.09. The normalized spacial score (nSPS) is 17.4. The molecule has 1 aromatic heterocycles. The molecule has 0 saturated carbocycles. The Balaban J connectivity index is 1.32. The summed E-state index contributed by atoms with van der Waals surface area (Å²) < 4.78 is 12.6. The van der Waals surface area contributed by atoms with E-state index < -0.39 is 0 Å². The molecule has 9 nitrogen and oxygen atoms in total. The zero-order valence-electron chi connectivity index (χ0n) is 25.9. The molecule has 9 heteroatoms. The molecule has 4 aromatic rings. The summed E-state index contributed by atoms with van der Waals surface area (Å²) in [5.74, 6) is 1.78. The van der Waals surface area contributed by atoms with Gasteiger partial charge in [0.1, 0.15) is 23.4 Å². The molecule has 2 amide bonds. The number of aliphatic hydroxyl groups is 1. The molecule has 5 rings (SSSR count).